The van der Waals surface area contributed by atoms with Gasteiger partial charge in [-0.05, 0) is 12.1 Å². The minimum atomic E-state index is 0.258. The van der Waals surface area contributed by atoms with Crippen molar-refractivity contribution in [2.45, 2.75) is 0 Å². The van der Waals surface area contributed by atoms with E-state index in [-0.39, 0.29) is 6.61 Å². The van der Waals surface area contributed by atoms with Crippen LogP contribution in [0.15, 0.2) is 18.2 Å². The first kappa shape index (κ1) is 11.3. The Morgan fingerprint density at radius 2 is 2.00 bits per heavy atom. The molecule has 0 aliphatic carbocycles. The molecule has 0 saturated carbocycles. The number of rotatable bonds is 4. The van der Waals surface area contributed by atoms with Crippen LogP contribution in [0.4, 0.5) is 5.69 Å². The molecule has 3 nitrogen and oxygen atoms in total. The van der Waals surface area contributed by atoms with Crippen molar-refractivity contribution < 1.29 is 9.47 Å². The summed E-state index contributed by atoms with van der Waals surface area (Å²) in [7, 11) is 5.49. The second-order valence-electron chi connectivity index (χ2n) is 3.19. The van der Waals surface area contributed by atoms with E-state index in [2.05, 4.69) is 5.92 Å². The van der Waals surface area contributed by atoms with Gasteiger partial charge >= 0.3 is 0 Å². The molecule has 0 aliphatic heterocycles. The molecule has 1 aromatic carbocycles. The lowest BCUT2D eigenvalue weighted by Gasteiger charge is -2.19. The van der Waals surface area contributed by atoms with Gasteiger partial charge in [0.05, 0.1) is 7.11 Å². The largest absolute Gasteiger partial charge is 0.494 e. The van der Waals surface area contributed by atoms with Crippen molar-refractivity contribution in [2.24, 2.45) is 0 Å². The molecule has 0 saturated heterocycles. The molecule has 0 N–H and O–H groups in total. The Kier molecular flexibility index (Phi) is 3.87. The molecule has 0 radical (unpaired) electrons. The van der Waals surface area contributed by atoms with E-state index in [0.717, 1.165) is 17.2 Å². The third-order valence-electron chi connectivity index (χ3n) is 1.94. The van der Waals surface area contributed by atoms with Gasteiger partial charge in [0.1, 0.15) is 23.8 Å². The SMILES string of the molecule is C#CCOc1cccc(OC)c1N(C)C. The summed E-state index contributed by atoms with van der Waals surface area (Å²) in [6, 6.07) is 5.63. The molecule has 0 fully saturated rings. The number of hydrogen-bond donors (Lipinski definition) is 0. The number of hydrogen-bond acceptors (Lipinski definition) is 3. The Morgan fingerprint density at radius 1 is 1.33 bits per heavy atom. The number of anilines is 1. The molecule has 0 heterocycles. The second-order valence-corrected chi connectivity index (χ2v) is 3.19. The van der Waals surface area contributed by atoms with Crippen LogP contribution in [0.3, 0.4) is 0 Å². The predicted octanol–water partition coefficient (Wildman–Crippen LogP) is 1.77. The zero-order chi connectivity index (χ0) is 11.3. The van der Waals surface area contributed by atoms with Crippen LogP contribution in [0, 0.1) is 12.3 Å². The van der Waals surface area contributed by atoms with E-state index in [4.69, 9.17) is 15.9 Å². The third kappa shape index (κ3) is 2.57. The summed E-state index contributed by atoms with van der Waals surface area (Å²) in [5, 5.41) is 0. The summed E-state index contributed by atoms with van der Waals surface area (Å²) in [6.45, 7) is 0.258. The van der Waals surface area contributed by atoms with Crippen molar-refractivity contribution in [2.75, 3.05) is 32.7 Å². The first-order chi connectivity index (χ1) is 7.20. The Hall–Kier alpha value is -1.82. The van der Waals surface area contributed by atoms with E-state index in [0.29, 0.717) is 0 Å². The predicted molar refractivity (Wildman–Crippen MR) is 61.6 cm³/mol. The normalized spacial score (nSPS) is 9.20. The molecule has 0 unspecified atom stereocenters. The summed E-state index contributed by atoms with van der Waals surface area (Å²) < 4.78 is 10.7. The van der Waals surface area contributed by atoms with E-state index < -0.39 is 0 Å². The standard InChI is InChI=1S/C12H15NO2/c1-5-9-15-11-8-6-7-10(14-4)12(11)13(2)3/h1,6-8H,9H2,2-4H3. The van der Waals surface area contributed by atoms with Crippen molar-refractivity contribution in [1.29, 1.82) is 0 Å². The highest BCUT2D eigenvalue weighted by Gasteiger charge is 2.11. The van der Waals surface area contributed by atoms with Gasteiger partial charge in [0.15, 0.2) is 0 Å². The van der Waals surface area contributed by atoms with Gasteiger partial charge in [-0.2, -0.15) is 0 Å². The van der Waals surface area contributed by atoms with Crippen LogP contribution in [0.2, 0.25) is 0 Å². The van der Waals surface area contributed by atoms with Crippen molar-refractivity contribution in [1.82, 2.24) is 0 Å². The Morgan fingerprint density at radius 3 is 2.53 bits per heavy atom. The van der Waals surface area contributed by atoms with Crippen LogP contribution in [-0.4, -0.2) is 27.8 Å². The summed E-state index contributed by atoms with van der Waals surface area (Å²) >= 11 is 0. The van der Waals surface area contributed by atoms with Gasteiger partial charge in [0, 0.05) is 14.1 Å². The monoisotopic (exact) mass is 205 g/mol. The van der Waals surface area contributed by atoms with Gasteiger partial charge in [-0.3, -0.25) is 0 Å². The maximum absolute atomic E-state index is 5.43. The zero-order valence-corrected chi connectivity index (χ0v) is 9.28. The van der Waals surface area contributed by atoms with Gasteiger partial charge in [-0.15, -0.1) is 6.42 Å². The van der Waals surface area contributed by atoms with Gasteiger partial charge in [0.25, 0.3) is 0 Å². The van der Waals surface area contributed by atoms with Crippen LogP contribution in [0.5, 0.6) is 11.5 Å². The molecule has 0 aromatic heterocycles. The molecule has 15 heavy (non-hydrogen) atoms. The molecule has 1 aromatic rings. The number of benzene rings is 1. The van der Waals surface area contributed by atoms with E-state index in [1.165, 1.54) is 0 Å². The topological polar surface area (TPSA) is 21.7 Å². The van der Waals surface area contributed by atoms with Crippen molar-refractivity contribution >= 4 is 5.69 Å². The fourth-order valence-corrected chi connectivity index (χ4v) is 1.34. The molecule has 3 heteroatoms. The molecular formula is C12H15NO2. The van der Waals surface area contributed by atoms with Crippen LogP contribution >= 0.6 is 0 Å². The second kappa shape index (κ2) is 5.16. The lowest BCUT2D eigenvalue weighted by molar-refractivity contribution is 0.364. The molecule has 1 rings (SSSR count). The smallest absolute Gasteiger partial charge is 0.148 e. The maximum atomic E-state index is 5.43. The van der Waals surface area contributed by atoms with Crippen molar-refractivity contribution in [3.05, 3.63) is 18.2 Å². The Balaban J connectivity index is 3.08. The quantitative estimate of drug-likeness (QED) is 0.699. The van der Waals surface area contributed by atoms with Crippen LogP contribution in [0.1, 0.15) is 0 Å². The zero-order valence-electron chi connectivity index (χ0n) is 9.28. The number of methoxy groups -OCH3 is 1. The minimum Gasteiger partial charge on any atom is -0.494 e. The number of nitrogens with zero attached hydrogens (tertiary/aromatic N) is 1. The van der Waals surface area contributed by atoms with E-state index in [1.54, 1.807) is 7.11 Å². The minimum absolute atomic E-state index is 0.258. The lowest BCUT2D eigenvalue weighted by atomic mass is 10.2. The van der Waals surface area contributed by atoms with Crippen molar-refractivity contribution in [3.63, 3.8) is 0 Å². The molecule has 0 aliphatic rings. The highest BCUT2D eigenvalue weighted by atomic mass is 16.5. The number of terminal acetylenes is 1. The summed E-state index contributed by atoms with van der Waals surface area (Å²) in [5.41, 5.74) is 0.898. The van der Waals surface area contributed by atoms with Gasteiger partial charge in [-0.1, -0.05) is 12.0 Å². The maximum Gasteiger partial charge on any atom is 0.148 e. The van der Waals surface area contributed by atoms with E-state index in [1.807, 2.05) is 37.2 Å². The van der Waals surface area contributed by atoms with Crippen molar-refractivity contribution in [3.8, 4) is 23.8 Å². The van der Waals surface area contributed by atoms with Crippen LogP contribution in [-0.2, 0) is 0 Å². The van der Waals surface area contributed by atoms with Gasteiger partial charge in [-0.25, -0.2) is 0 Å². The molecule has 80 valence electrons. The van der Waals surface area contributed by atoms with Gasteiger partial charge in [0.2, 0.25) is 0 Å². The van der Waals surface area contributed by atoms with E-state index in [9.17, 15) is 0 Å². The fourth-order valence-electron chi connectivity index (χ4n) is 1.34. The van der Waals surface area contributed by atoms with E-state index >= 15 is 0 Å². The average Bonchev–Trinajstić information content (AvgIpc) is 2.25. The molecule has 0 spiro atoms. The number of para-hydroxylation sites is 1. The Bertz CT molecular complexity index is 366. The lowest BCUT2D eigenvalue weighted by Crippen LogP contribution is -2.12. The van der Waals surface area contributed by atoms with Crippen LogP contribution in [0.25, 0.3) is 0 Å². The molecule has 0 bridgehead atoms. The van der Waals surface area contributed by atoms with Crippen LogP contribution < -0.4 is 14.4 Å². The highest BCUT2D eigenvalue weighted by molar-refractivity contribution is 5.67. The average molecular weight is 205 g/mol. The highest BCUT2D eigenvalue weighted by Crippen LogP contribution is 2.36. The summed E-state index contributed by atoms with van der Waals surface area (Å²) in [5.74, 6) is 3.94. The summed E-state index contributed by atoms with van der Waals surface area (Å²) in [4.78, 5) is 1.94. The third-order valence-corrected chi connectivity index (χ3v) is 1.94. The first-order valence-corrected chi connectivity index (χ1v) is 4.61. The summed E-state index contributed by atoms with van der Waals surface area (Å²) in [6.07, 6.45) is 5.15. The molecule has 0 atom stereocenters. The van der Waals surface area contributed by atoms with Gasteiger partial charge < -0.3 is 14.4 Å². The first-order valence-electron chi connectivity index (χ1n) is 4.61. The fraction of sp³-hybridized carbons (Fsp3) is 0.333. The molecular weight excluding hydrogens is 190 g/mol. The Labute approximate surface area is 90.6 Å². The number of ether oxygens (including phenoxy) is 2. The molecule has 0 amide bonds.